The molecule has 0 fully saturated rings. The Labute approximate surface area is 188 Å². The van der Waals surface area contributed by atoms with Crippen molar-refractivity contribution in [3.63, 3.8) is 0 Å². The third kappa shape index (κ3) is 4.72. The molecule has 0 radical (unpaired) electrons. The summed E-state index contributed by atoms with van der Waals surface area (Å²) >= 11 is 1.13. The Balaban J connectivity index is 1.38. The lowest BCUT2D eigenvalue weighted by molar-refractivity contribution is -0.124. The normalized spacial score (nSPS) is 13.4. The average Bonchev–Trinajstić information content (AvgIpc) is 2.94. The molecule has 1 amide bonds. The Morgan fingerprint density at radius 1 is 1.22 bits per heavy atom. The zero-order chi connectivity index (χ0) is 22.7. The summed E-state index contributed by atoms with van der Waals surface area (Å²) in [6, 6.07) is 6.04. The number of thiophene rings is 1. The van der Waals surface area contributed by atoms with Gasteiger partial charge in [0.05, 0.1) is 5.39 Å². The highest BCUT2D eigenvalue weighted by molar-refractivity contribution is 7.20. The van der Waals surface area contributed by atoms with E-state index in [1.54, 1.807) is 23.6 Å². The number of hydrogen-bond donors (Lipinski definition) is 1. The van der Waals surface area contributed by atoms with Crippen LogP contribution in [0.3, 0.4) is 0 Å². The van der Waals surface area contributed by atoms with Crippen LogP contribution in [0.2, 0.25) is 0 Å². The Bertz CT molecular complexity index is 1220. The van der Waals surface area contributed by atoms with Crippen LogP contribution >= 0.6 is 11.3 Å². The predicted octanol–water partition coefficient (Wildman–Crippen LogP) is 3.15. The number of aryl methyl sites for hydroxylation is 2. The fourth-order valence-corrected chi connectivity index (χ4v) is 4.93. The van der Waals surface area contributed by atoms with Gasteiger partial charge >= 0.3 is 5.97 Å². The number of halogens is 1. The Morgan fingerprint density at radius 2 is 2.00 bits per heavy atom. The fraction of sp³-hybridized carbons (Fsp3) is 0.391. The molecule has 0 atom stereocenters. The van der Waals surface area contributed by atoms with Crippen LogP contribution in [0.25, 0.3) is 10.2 Å². The molecule has 1 N–H and O–H groups in total. The number of amides is 1. The van der Waals surface area contributed by atoms with Crippen LogP contribution in [0.15, 0.2) is 29.1 Å². The Morgan fingerprint density at radius 3 is 2.78 bits per heavy atom. The number of hydrogen-bond acceptors (Lipinski definition) is 6. The third-order valence-corrected chi connectivity index (χ3v) is 6.75. The lowest BCUT2D eigenvalue weighted by Crippen LogP contribution is -2.30. The lowest BCUT2D eigenvalue weighted by Gasteiger charge is -2.08. The average molecular weight is 458 g/mol. The first-order valence-corrected chi connectivity index (χ1v) is 11.5. The summed E-state index contributed by atoms with van der Waals surface area (Å²) in [5, 5.41) is 3.13. The maximum absolute atomic E-state index is 13.0. The highest BCUT2D eigenvalue weighted by atomic mass is 32.1. The van der Waals surface area contributed by atoms with Gasteiger partial charge in [0.25, 0.3) is 11.5 Å². The lowest BCUT2D eigenvalue weighted by atomic mass is 10.1. The molecule has 0 unspecified atom stereocenters. The smallest absolute Gasteiger partial charge is 0.349 e. The summed E-state index contributed by atoms with van der Waals surface area (Å²) in [6.07, 6.45) is 4.29. The number of esters is 1. The summed E-state index contributed by atoms with van der Waals surface area (Å²) < 4.78 is 19.8. The summed E-state index contributed by atoms with van der Waals surface area (Å²) in [6.45, 7) is 2.28. The zero-order valence-corrected chi connectivity index (χ0v) is 18.6. The quantitative estimate of drug-likeness (QED) is 0.575. The summed E-state index contributed by atoms with van der Waals surface area (Å²) in [7, 11) is 0. The van der Waals surface area contributed by atoms with E-state index in [4.69, 9.17) is 4.74 Å². The van der Waals surface area contributed by atoms with Crippen LogP contribution in [0.5, 0.6) is 0 Å². The molecule has 1 aliphatic rings. The molecule has 7 nitrogen and oxygen atoms in total. The third-order valence-electron chi connectivity index (χ3n) is 5.58. The first-order valence-electron chi connectivity index (χ1n) is 10.6. The Kier molecular flexibility index (Phi) is 6.64. The summed E-state index contributed by atoms with van der Waals surface area (Å²) in [5.74, 6) is -0.612. The van der Waals surface area contributed by atoms with E-state index in [0.717, 1.165) is 48.4 Å². The van der Waals surface area contributed by atoms with Gasteiger partial charge in [-0.3, -0.25) is 14.2 Å². The van der Waals surface area contributed by atoms with Crippen molar-refractivity contribution in [2.45, 2.75) is 45.6 Å². The molecule has 1 aromatic carbocycles. The predicted molar refractivity (Wildman–Crippen MR) is 120 cm³/mol. The highest BCUT2D eigenvalue weighted by Gasteiger charge is 2.23. The van der Waals surface area contributed by atoms with E-state index in [1.165, 1.54) is 12.1 Å². The minimum Gasteiger partial charge on any atom is -0.451 e. The monoisotopic (exact) mass is 457 g/mol. The highest BCUT2D eigenvalue weighted by Crippen LogP contribution is 2.29. The van der Waals surface area contributed by atoms with E-state index in [0.29, 0.717) is 40.2 Å². The van der Waals surface area contributed by atoms with Crippen LogP contribution in [-0.4, -0.2) is 34.6 Å². The van der Waals surface area contributed by atoms with E-state index >= 15 is 0 Å². The minimum absolute atomic E-state index is 0.113. The topological polar surface area (TPSA) is 90.3 Å². The molecule has 0 saturated heterocycles. The molecule has 168 valence electrons. The van der Waals surface area contributed by atoms with Gasteiger partial charge in [-0.25, -0.2) is 14.2 Å². The summed E-state index contributed by atoms with van der Waals surface area (Å²) in [5.41, 5.74) is 1.32. The van der Waals surface area contributed by atoms with Crippen LogP contribution < -0.4 is 10.9 Å². The van der Waals surface area contributed by atoms with Crippen molar-refractivity contribution >= 4 is 33.4 Å². The van der Waals surface area contributed by atoms with Crippen molar-refractivity contribution in [3.05, 3.63) is 62.3 Å². The van der Waals surface area contributed by atoms with Gasteiger partial charge in [-0.15, -0.1) is 11.3 Å². The van der Waals surface area contributed by atoms with E-state index in [1.807, 2.05) is 0 Å². The molecule has 0 aliphatic carbocycles. The van der Waals surface area contributed by atoms with Crippen LogP contribution in [0.1, 0.15) is 45.9 Å². The van der Waals surface area contributed by atoms with Gasteiger partial charge in [0.1, 0.15) is 21.3 Å². The number of benzene rings is 1. The second kappa shape index (κ2) is 9.60. The Hall–Kier alpha value is -3.07. The summed E-state index contributed by atoms with van der Waals surface area (Å²) in [4.78, 5) is 43.1. The maximum Gasteiger partial charge on any atom is 0.349 e. The molecule has 3 aromatic rings. The maximum atomic E-state index is 13.0. The number of nitrogens with one attached hydrogen (secondary N) is 1. The molecule has 0 saturated carbocycles. The van der Waals surface area contributed by atoms with Crippen LogP contribution in [-0.2, 0) is 28.9 Å². The number of fused-ring (bicyclic) bond motifs is 2. The SMILES string of the molecule is Cc1c(C(=O)OCC(=O)NCCc2ccc(F)cc2)sc2nc3n(c(=O)c12)CCCCC3. The van der Waals surface area contributed by atoms with E-state index in [-0.39, 0.29) is 11.4 Å². The molecule has 32 heavy (non-hydrogen) atoms. The molecule has 4 rings (SSSR count). The number of aromatic nitrogens is 2. The van der Waals surface area contributed by atoms with Crippen molar-refractivity contribution in [3.8, 4) is 0 Å². The van der Waals surface area contributed by atoms with E-state index in [2.05, 4.69) is 10.3 Å². The van der Waals surface area contributed by atoms with Crippen molar-refractivity contribution in [1.82, 2.24) is 14.9 Å². The number of nitrogens with zero attached hydrogens (tertiary/aromatic N) is 2. The second-order valence-corrected chi connectivity index (χ2v) is 8.83. The molecule has 9 heteroatoms. The number of ether oxygens (including phenoxy) is 1. The van der Waals surface area contributed by atoms with Gasteiger partial charge < -0.3 is 10.1 Å². The van der Waals surface area contributed by atoms with Gasteiger partial charge in [-0.1, -0.05) is 18.6 Å². The van der Waals surface area contributed by atoms with Gasteiger partial charge in [0.2, 0.25) is 0 Å². The number of carbonyl (C=O) groups is 2. The van der Waals surface area contributed by atoms with Gasteiger partial charge in [-0.2, -0.15) is 0 Å². The molecule has 1 aliphatic heterocycles. The number of rotatable bonds is 6. The van der Waals surface area contributed by atoms with Gasteiger partial charge in [0.15, 0.2) is 6.61 Å². The molecule has 3 heterocycles. The van der Waals surface area contributed by atoms with Gasteiger partial charge in [-0.05, 0) is 49.4 Å². The molecular formula is C23H24FN3O4S. The molecule has 2 aromatic heterocycles. The first kappa shape index (κ1) is 22.1. The van der Waals surface area contributed by atoms with Crippen molar-refractivity contribution in [2.24, 2.45) is 0 Å². The van der Waals surface area contributed by atoms with E-state index in [9.17, 15) is 18.8 Å². The molecule has 0 bridgehead atoms. The largest absolute Gasteiger partial charge is 0.451 e. The van der Waals surface area contributed by atoms with Crippen molar-refractivity contribution in [1.29, 1.82) is 0 Å². The van der Waals surface area contributed by atoms with Crippen molar-refractivity contribution in [2.75, 3.05) is 13.2 Å². The fourth-order valence-electron chi connectivity index (χ4n) is 3.85. The second-order valence-electron chi connectivity index (χ2n) is 7.83. The number of carbonyl (C=O) groups excluding carboxylic acids is 2. The van der Waals surface area contributed by atoms with Crippen LogP contribution in [0, 0.1) is 12.7 Å². The standard InChI is InChI=1S/C23H24FN3O4S/c1-14-19-21(26-17-5-3-2-4-12-27(17)22(19)29)32-20(14)23(30)31-13-18(28)25-11-10-15-6-8-16(24)9-7-15/h6-9H,2-5,10-13H2,1H3,(H,25,28). The van der Waals surface area contributed by atoms with E-state index < -0.39 is 18.5 Å². The first-order chi connectivity index (χ1) is 15.4. The molecule has 0 spiro atoms. The van der Waals surface area contributed by atoms with Crippen molar-refractivity contribution < 1.29 is 18.7 Å². The minimum atomic E-state index is -0.640. The van der Waals surface area contributed by atoms with Gasteiger partial charge in [0, 0.05) is 19.5 Å². The zero-order valence-electron chi connectivity index (χ0n) is 17.8. The van der Waals surface area contributed by atoms with Crippen LogP contribution in [0.4, 0.5) is 4.39 Å². The molecular weight excluding hydrogens is 433 g/mol.